The lowest BCUT2D eigenvalue weighted by Gasteiger charge is -2.23. The molecule has 0 amide bonds. The van der Waals surface area contributed by atoms with Crippen LogP contribution in [0.4, 0.5) is 0 Å². The van der Waals surface area contributed by atoms with E-state index < -0.39 is 10.0 Å². The number of benzene rings is 2. The molecule has 2 aromatic carbocycles. The van der Waals surface area contributed by atoms with Gasteiger partial charge < -0.3 is 4.84 Å². The number of likely N-dealkylation sites (N-methyl/N-ethyl adjacent to an activating group) is 1. The zero-order valence-electron chi connectivity index (χ0n) is 16.4. The van der Waals surface area contributed by atoms with Crippen LogP contribution in [0.1, 0.15) is 24.5 Å². The van der Waals surface area contributed by atoms with Gasteiger partial charge in [-0.2, -0.15) is 4.31 Å². The van der Waals surface area contributed by atoms with Crippen LogP contribution in [0.25, 0.3) is 10.9 Å². The highest BCUT2D eigenvalue weighted by atomic mass is 32.2. The molecule has 0 saturated carbocycles. The van der Waals surface area contributed by atoms with Gasteiger partial charge in [0.15, 0.2) is 0 Å². The van der Waals surface area contributed by atoms with Gasteiger partial charge in [-0.05, 0) is 24.6 Å². The molecule has 1 atom stereocenters. The Kier molecular flexibility index (Phi) is 5.34. The number of nitrogens with zero attached hydrogens (tertiary/aromatic N) is 3. The smallest absolute Gasteiger partial charge is 0.245 e. The largest absolute Gasteiger partial charge is 0.390 e. The second kappa shape index (κ2) is 7.93. The molecule has 6 nitrogen and oxygen atoms in total. The highest BCUT2D eigenvalue weighted by molar-refractivity contribution is 7.89. The van der Waals surface area contributed by atoms with Gasteiger partial charge in [-0.15, -0.1) is 0 Å². The number of sulfonamides is 1. The van der Waals surface area contributed by atoms with Crippen molar-refractivity contribution in [2.75, 3.05) is 13.1 Å². The lowest BCUT2D eigenvalue weighted by atomic mass is 10.0. The summed E-state index contributed by atoms with van der Waals surface area (Å²) >= 11 is 0. The molecule has 0 radical (unpaired) electrons. The quantitative estimate of drug-likeness (QED) is 0.622. The van der Waals surface area contributed by atoms with E-state index in [-0.39, 0.29) is 17.5 Å². The highest BCUT2D eigenvalue weighted by Gasteiger charge is 2.31. The molecule has 2 heterocycles. The molecule has 0 spiro atoms. The first-order valence-electron chi connectivity index (χ1n) is 9.62. The van der Waals surface area contributed by atoms with Crippen LogP contribution in [0.15, 0.2) is 70.8 Å². The minimum absolute atomic E-state index is 0.218. The van der Waals surface area contributed by atoms with Crippen LogP contribution in [-0.4, -0.2) is 42.6 Å². The molecule has 0 bridgehead atoms. The number of oxime groups is 1. The molecule has 1 unspecified atom stereocenters. The van der Waals surface area contributed by atoms with Crippen molar-refractivity contribution in [1.29, 1.82) is 0 Å². The minimum Gasteiger partial charge on any atom is -0.390 e. The Bertz CT molecular complexity index is 1150. The van der Waals surface area contributed by atoms with Crippen LogP contribution in [0.3, 0.4) is 0 Å². The fourth-order valence-electron chi connectivity index (χ4n) is 3.49. The van der Waals surface area contributed by atoms with Crippen LogP contribution >= 0.6 is 0 Å². The van der Waals surface area contributed by atoms with Crippen molar-refractivity contribution in [3.63, 3.8) is 0 Å². The Morgan fingerprint density at radius 3 is 2.62 bits per heavy atom. The lowest BCUT2D eigenvalue weighted by molar-refractivity contribution is 0.0712. The molecular weight excluding hydrogens is 386 g/mol. The Morgan fingerprint density at radius 1 is 1.10 bits per heavy atom. The molecule has 0 N–H and O–H groups in total. The fraction of sp³-hybridized carbons (Fsp3) is 0.273. The van der Waals surface area contributed by atoms with Crippen LogP contribution < -0.4 is 0 Å². The van der Waals surface area contributed by atoms with Crippen molar-refractivity contribution in [1.82, 2.24) is 9.29 Å². The van der Waals surface area contributed by atoms with E-state index in [2.05, 4.69) is 10.1 Å². The molecule has 3 aromatic rings. The molecule has 1 aromatic heterocycles. The molecule has 150 valence electrons. The SMILES string of the molecule is CCN(CC1CC(c2ccc(C)cc2)=NO1)S(=O)(=O)c1cccc2cccnc12. The third-order valence-electron chi connectivity index (χ3n) is 5.09. The van der Waals surface area contributed by atoms with Gasteiger partial charge in [0.05, 0.1) is 17.8 Å². The number of hydrogen-bond donors (Lipinski definition) is 0. The van der Waals surface area contributed by atoms with Gasteiger partial charge in [-0.3, -0.25) is 4.98 Å². The molecule has 1 aliphatic heterocycles. The van der Waals surface area contributed by atoms with E-state index in [4.69, 9.17) is 4.84 Å². The van der Waals surface area contributed by atoms with Gasteiger partial charge in [-0.25, -0.2) is 8.42 Å². The van der Waals surface area contributed by atoms with E-state index in [0.717, 1.165) is 16.7 Å². The maximum atomic E-state index is 13.3. The van der Waals surface area contributed by atoms with Crippen molar-refractivity contribution in [3.05, 3.63) is 71.9 Å². The zero-order chi connectivity index (χ0) is 20.4. The molecule has 1 aliphatic rings. The summed E-state index contributed by atoms with van der Waals surface area (Å²) in [5, 5.41) is 4.99. The number of rotatable bonds is 6. The predicted octanol–water partition coefficient (Wildman–Crippen LogP) is 3.75. The maximum absolute atomic E-state index is 13.3. The topological polar surface area (TPSA) is 71.9 Å². The van der Waals surface area contributed by atoms with E-state index >= 15 is 0 Å². The molecular formula is C22H23N3O3S. The molecule has 7 heteroatoms. The minimum atomic E-state index is -3.71. The third kappa shape index (κ3) is 3.88. The summed E-state index contributed by atoms with van der Waals surface area (Å²) in [5.74, 6) is 0. The average molecular weight is 410 g/mol. The summed E-state index contributed by atoms with van der Waals surface area (Å²) < 4.78 is 28.1. The normalized spacial score (nSPS) is 16.8. The molecule has 4 rings (SSSR count). The van der Waals surface area contributed by atoms with Crippen LogP contribution in [0, 0.1) is 6.92 Å². The monoisotopic (exact) mass is 409 g/mol. The first-order chi connectivity index (χ1) is 14.0. The third-order valence-corrected chi connectivity index (χ3v) is 7.06. The Balaban J connectivity index is 1.54. The number of aromatic nitrogens is 1. The maximum Gasteiger partial charge on any atom is 0.245 e. The summed E-state index contributed by atoms with van der Waals surface area (Å²) in [5.41, 5.74) is 3.51. The average Bonchev–Trinajstić information content (AvgIpc) is 3.20. The highest BCUT2D eigenvalue weighted by Crippen LogP contribution is 2.26. The summed E-state index contributed by atoms with van der Waals surface area (Å²) in [6.45, 7) is 4.44. The molecule has 29 heavy (non-hydrogen) atoms. The molecule has 0 saturated heterocycles. The van der Waals surface area contributed by atoms with Crippen molar-refractivity contribution < 1.29 is 13.3 Å². The number of para-hydroxylation sites is 1. The summed E-state index contributed by atoms with van der Waals surface area (Å²) in [6.07, 6.45) is 1.87. The number of pyridine rings is 1. The Morgan fingerprint density at radius 2 is 1.86 bits per heavy atom. The standard InChI is InChI=1S/C22H23N3O3S/c1-3-25(15-19-14-20(24-28-19)17-11-9-16(2)10-12-17)29(26,27)21-8-4-6-18-7-5-13-23-22(18)21/h4-13,19H,3,14-15H2,1-2H3. The van der Waals surface area contributed by atoms with Gasteiger partial charge >= 0.3 is 0 Å². The van der Waals surface area contributed by atoms with Crippen LogP contribution in [0.2, 0.25) is 0 Å². The predicted molar refractivity (Wildman–Crippen MR) is 113 cm³/mol. The van der Waals surface area contributed by atoms with Gasteiger partial charge in [0.25, 0.3) is 0 Å². The van der Waals surface area contributed by atoms with Crippen molar-refractivity contribution >= 4 is 26.6 Å². The van der Waals surface area contributed by atoms with E-state index in [1.807, 2.05) is 50.2 Å². The lowest BCUT2D eigenvalue weighted by Crippen LogP contribution is -2.37. The van der Waals surface area contributed by atoms with Gasteiger partial charge in [-0.1, -0.05) is 60.1 Å². The Hall–Kier alpha value is -2.77. The van der Waals surface area contributed by atoms with Gasteiger partial charge in [0.2, 0.25) is 10.0 Å². The van der Waals surface area contributed by atoms with Crippen molar-refractivity contribution in [3.8, 4) is 0 Å². The van der Waals surface area contributed by atoms with Gasteiger partial charge in [0, 0.05) is 24.5 Å². The van der Waals surface area contributed by atoms with Gasteiger partial charge in [0.1, 0.15) is 11.0 Å². The van der Waals surface area contributed by atoms with E-state index in [0.29, 0.717) is 18.5 Å². The first kappa shape index (κ1) is 19.5. The summed E-state index contributed by atoms with van der Waals surface area (Å²) in [6, 6.07) is 17.0. The van der Waals surface area contributed by atoms with E-state index in [1.54, 1.807) is 24.4 Å². The van der Waals surface area contributed by atoms with Crippen molar-refractivity contribution in [2.45, 2.75) is 31.3 Å². The molecule has 0 aliphatic carbocycles. The van der Waals surface area contributed by atoms with Crippen LogP contribution in [-0.2, 0) is 14.9 Å². The summed E-state index contributed by atoms with van der Waals surface area (Å²) in [4.78, 5) is 10.1. The number of hydrogen-bond acceptors (Lipinski definition) is 5. The Labute approximate surface area is 170 Å². The van der Waals surface area contributed by atoms with E-state index in [9.17, 15) is 8.42 Å². The van der Waals surface area contributed by atoms with Crippen LogP contribution in [0.5, 0.6) is 0 Å². The second-order valence-electron chi connectivity index (χ2n) is 7.12. The molecule has 0 fully saturated rings. The number of aryl methyl sites for hydroxylation is 1. The summed E-state index contributed by atoms with van der Waals surface area (Å²) in [7, 11) is -3.71. The fourth-order valence-corrected chi connectivity index (χ4v) is 5.14. The van der Waals surface area contributed by atoms with Crippen molar-refractivity contribution in [2.24, 2.45) is 5.16 Å². The zero-order valence-corrected chi connectivity index (χ0v) is 17.3. The number of fused-ring (bicyclic) bond motifs is 1. The van der Waals surface area contributed by atoms with E-state index in [1.165, 1.54) is 9.87 Å². The first-order valence-corrected chi connectivity index (χ1v) is 11.1. The second-order valence-corrected chi connectivity index (χ2v) is 9.03.